The summed E-state index contributed by atoms with van der Waals surface area (Å²) in [4.78, 5) is 5.63. The van der Waals surface area contributed by atoms with Gasteiger partial charge in [0.1, 0.15) is 23.2 Å². The van der Waals surface area contributed by atoms with E-state index in [0.29, 0.717) is 32.5 Å². The zero-order chi connectivity index (χ0) is 22.0. The lowest BCUT2D eigenvalue weighted by atomic mass is 10.1. The van der Waals surface area contributed by atoms with Gasteiger partial charge in [-0.3, -0.25) is 0 Å². The van der Waals surface area contributed by atoms with Crippen LogP contribution in [0.4, 0.5) is 4.39 Å². The van der Waals surface area contributed by atoms with Crippen LogP contribution in [0.1, 0.15) is 5.01 Å². The Bertz CT molecular complexity index is 1340. The van der Waals surface area contributed by atoms with Crippen molar-refractivity contribution in [3.05, 3.63) is 88.1 Å². The molecule has 0 radical (unpaired) electrons. The first-order valence-electron chi connectivity index (χ1n) is 9.25. The molecule has 4 nitrogen and oxygen atoms in total. The summed E-state index contributed by atoms with van der Waals surface area (Å²) in [5.41, 5.74) is 1.86. The number of halogens is 2. The molecule has 0 amide bonds. The molecule has 0 aliphatic carbocycles. The minimum Gasteiger partial charge on any atom is -0.486 e. The second kappa shape index (κ2) is 8.90. The summed E-state index contributed by atoms with van der Waals surface area (Å²) in [6, 6.07) is 20.3. The van der Waals surface area contributed by atoms with Crippen LogP contribution in [0.15, 0.2) is 82.2 Å². The van der Waals surface area contributed by atoms with Gasteiger partial charge in [0.25, 0.3) is 0 Å². The zero-order valence-corrected chi connectivity index (χ0v) is 19.6. The summed E-state index contributed by atoms with van der Waals surface area (Å²) < 4.78 is 45.0. The van der Waals surface area contributed by atoms with E-state index in [4.69, 9.17) is 9.72 Å². The van der Waals surface area contributed by atoms with Crippen LogP contribution in [0.3, 0.4) is 0 Å². The average molecular weight is 518 g/mol. The smallest absolute Gasteiger partial charge is 0.176 e. The molecule has 0 aliphatic rings. The predicted molar refractivity (Wildman–Crippen MR) is 125 cm³/mol. The summed E-state index contributed by atoms with van der Waals surface area (Å²) in [6.07, 6.45) is 1.18. The highest BCUT2D eigenvalue weighted by Crippen LogP contribution is 2.40. The number of hydrogen-bond acceptors (Lipinski definition) is 5. The third-order valence-corrected chi connectivity index (χ3v) is 7.19. The minimum absolute atomic E-state index is 0.219. The van der Waals surface area contributed by atoms with E-state index in [1.165, 1.54) is 29.7 Å². The number of thiazole rings is 1. The van der Waals surface area contributed by atoms with Gasteiger partial charge in [-0.1, -0.05) is 40.2 Å². The highest BCUT2D eigenvalue weighted by Gasteiger charge is 2.21. The maximum Gasteiger partial charge on any atom is 0.176 e. The van der Waals surface area contributed by atoms with Gasteiger partial charge in [-0.15, -0.1) is 11.3 Å². The van der Waals surface area contributed by atoms with Crippen molar-refractivity contribution in [1.29, 1.82) is 0 Å². The molecule has 0 spiro atoms. The van der Waals surface area contributed by atoms with Crippen molar-refractivity contribution >= 4 is 37.1 Å². The van der Waals surface area contributed by atoms with E-state index in [0.717, 1.165) is 4.47 Å². The van der Waals surface area contributed by atoms with Crippen LogP contribution in [-0.4, -0.2) is 19.7 Å². The molecule has 8 heteroatoms. The molecular weight excluding hydrogens is 501 g/mol. The third-order valence-electron chi connectivity index (χ3n) is 4.48. The van der Waals surface area contributed by atoms with Crippen molar-refractivity contribution in [1.82, 2.24) is 4.98 Å². The molecule has 0 fully saturated rings. The molecule has 4 rings (SSSR count). The van der Waals surface area contributed by atoms with Crippen LogP contribution in [0.5, 0.6) is 5.75 Å². The van der Waals surface area contributed by atoms with Crippen molar-refractivity contribution in [2.45, 2.75) is 11.5 Å². The van der Waals surface area contributed by atoms with Gasteiger partial charge in [-0.2, -0.15) is 0 Å². The SMILES string of the molecule is CS(=O)(=O)c1ccccc1-c1sc(COc2cccc(Br)c2)nc1-c1ccc(F)cc1. The van der Waals surface area contributed by atoms with Gasteiger partial charge in [0.2, 0.25) is 0 Å². The molecule has 0 aliphatic heterocycles. The maximum atomic E-state index is 13.5. The van der Waals surface area contributed by atoms with Gasteiger partial charge in [0, 0.05) is 21.9 Å². The highest BCUT2D eigenvalue weighted by atomic mass is 79.9. The van der Waals surface area contributed by atoms with E-state index in [1.54, 1.807) is 36.4 Å². The first-order chi connectivity index (χ1) is 14.8. The molecule has 158 valence electrons. The van der Waals surface area contributed by atoms with Crippen molar-refractivity contribution in [2.75, 3.05) is 6.26 Å². The topological polar surface area (TPSA) is 56.3 Å². The van der Waals surface area contributed by atoms with E-state index in [2.05, 4.69) is 15.9 Å². The van der Waals surface area contributed by atoms with Crippen LogP contribution >= 0.6 is 27.3 Å². The molecule has 0 N–H and O–H groups in total. The maximum absolute atomic E-state index is 13.5. The number of nitrogens with zero attached hydrogens (tertiary/aromatic N) is 1. The molecule has 0 unspecified atom stereocenters. The van der Waals surface area contributed by atoms with Gasteiger partial charge < -0.3 is 4.74 Å². The monoisotopic (exact) mass is 517 g/mol. The lowest BCUT2D eigenvalue weighted by Gasteiger charge is -2.08. The van der Waals surface area contributed by atoms with Crippen LogP contribution in [0.2, 0.25) is 0 Å². The fraction of sp³-hybridized carbons (Fsp3) is 0.0870. The standard InChI is InChI=1S/C23H17BrFNO3S2/c1-31(27,28)20-8-3-2-7-19(20)23-22(15-9-11-17(25)12-10-15)26-21(30-23)14-29-18-6-4-5-16(24)13-18/h2-13H,14H2,1H3. The van der Waals surface area contributed by atoms with Crippen molar-refractivity contribution in [3.63, 3.8) is 0 Å². The summed E-state index contributed by atoms with van der Waals surface area (Å²) in [5.74, 6) is 0.335. The Labute approximate surface area is 192 Å². The van der Waals surface area contributed by atoms with E-state index >= 15 is 0 Å². The lowest BCUT2D eigenvalue weighted by molar-refractivity contribution is 0.305. The lowest BCUT2D eigenvalue weighted by Crippen LogP contribution is -1.99. The van der Waals surface area contributed by atoms with E-state index in [1.807, 2.05) is 24.3 Å². The number of rotatable bonds is 6. The van der Waals surface area contributed by atoms with Gasteiger partial charge in [-0.05, 0) is 48.5 Å². The normalized spacial score (nSPS) is 11.5. The van der Waals surface area contributed by atoms with Crippen molar-refractivity contribution < 1.29 is 17.5 Å². The quantitative estimate of drug-likeness (QED) is 0.298. The Morgan fingerprint density at radius 2 is 1.77 bits per heavy atom. The average Bonchev–Trinajstić information content (AvgIpc) is 3.16. The Balaban J connectivity index is 1.79. The number of benzene rings is 3. The molecule has 4 aromatic rings. The van der Waals surface area contributed by atoms with Crippen LogP contribution in [0, 0.1) is 5.82 Å². The highest BCUT2D eigenvalue weighted by molar-refractivity contribution is 9.10. The Morgan fingerprint density at radius 1 is 1.03 bits per heavy atom. The molecule has 1 heterocycles. The fourth-order valence-electron chi connectivity index (χ4n) is 3.09. The number of aromatic nitrogens is 1. The second-order valence-corrected chi connectivity index (χ2v) is 10.8. The van der Waals surface area contributed by atoms with Gasteiger partial charge in [0.15, 0.2) is 9.84 Å². The van der Waals surface area contributed by atoms with Crippen LogP contribution < -0.4 is 4.74 Å². The van der Waals surface area contributed by atoms with Gasteiger partial charge in [-0.25, -0.2) is 17.8 Å². The Morgan fingerprint density at radius 3 is 2.48 bits per heavy atom. The number of hydrogen-bond donors (Lipinski definition) is 0. The molecule has 31 heavy (non-hydrogen) atoms. The summed E-state index contributed by atoms with van der Waals surface area (Å²) in [7, 11) is -3.46. The summed E-state index contributed by atoms with van der Waals surface area (Å²) >= 11 is 4.78. The van der Waals surface area contributed by atoms with E-state index < -0.39 is 9.84 Å². The number of ether oxygens (including phenoxy) is 1. The molecule has 3 aromatic carbocycles. The van der Waals surface area contributed by atoms with Crippen LogP contribution in [0.25, 0.3) is 21.7 Å². The van der Waals surface area contributed by atoms with Crippen molar-refractivity contribution in [3.8, 4) is 27.4 Å². The van der Waals surface area contributed by atoms with E-state index in [-0.39, 0.29) is 17.3 Å². The third kappa shape index (κ3) is 5.03. The molecule has 0 atom stereocenters. The Kier molecular flexibility index (Phi) is 6.22. The molecule has 1 aromatic heterocycles. The fourth-order valence-corrected chi connectivity index (χ4v) is 5.47. The van der Waals surface area contributed by atoms with Gasteiger partial charge >= 0.3 is 0 Å². The number of sulfone groups is 1. The van der Waals surface area contributed by atoms with Gasteiger partial charge in [0.05, 0.1) is 15.5 Å². The molecular formula is C23H17BrFNO3S2. The van der Waals surface area contributed by atoms with Crippen LogP contribution in [-0.2, 0) is 16.4 Å². The van der Waals surface area contributed by atoms with E-state index in [9.17, 15) is 12.8 Å². The molecule has 0 bridgehead atoms. The van der Waals surface area contributed by atoms with Crippen molar-refractivity contribution in [2.24, 2.45) is 0 Å². The zero-order valence-electron chi connectivity index (χ0n) is 16.4. The molecule has 0 saturated heterocycles. The molecule has 0 saturated carbocycles. The Hall–Kier alpha value is -2.55. The summed E-state index contributed by atoms with van der Waals surface area (Å²) in [6.45, 7) is 0.219. The first kappa shape index (κ1) is 21.7. The predicted octanol–water partition coefficient (Wildman–Crippen LogP) is 6.36. The summed E-state index contributed by atoms with van der Waals surface area (Å²) in [5, 5.41) is 0.678. The first-order valence-corrected chi connectivity index (χ1v) is 12.7. The largest absolute Gasteiger partial charge is 0.486 e. The minimum atomic E-state index is -3.46. The second-order valence-electron chi connectivity index (χ2n) is 6.81.